The molecule has 0 aliphatic carbocycles. The highest BCUT2D eigenvalue weighted by Crippen LogP contribution is 2.33. The summed E-state index contributed by atoms with van der Waals surface area (Å²) in [6, 6.07) is 6.18. The molecule has 0 spiro atoms. The van der Waals surface area contributed by atoms with E-state index in [-0.39, 0.29) is 17.7 Å². The lowest BCUT2D eigenvalue weighted by Crippen LogP contribution is -2.43. The molecule has 4 nitrogen and oxygen atoms in total. The first-order chi connectivity index (χ1) is 10.4. The zero-order chi connectivity index (χ0) is 17.8. The predicted molar refractivity (Wildman–Crippen MR) is 95.3 cm³/mol. The summed E-state index contributed by atoms with van der Waals surface area (Å²) < 4.78 is 23.7. The Labute approximate surface area is 160 Å². The Balaban J connectivity index is 3.10. The van der Waals surface area contributed by atoms with E-state index >= 15 is 0 Å². The van der Waals surface area contributed by atoms with E-state index in [9.17, 15) is 13.2 Å². The monoisotopic (exact) mass is 439 g/mol. The standard InChI is InChI=1S/C13H14Cl5NO3S/c1-8-2-4-9(5-3-8)23(21,22)10(6-7-13(16,17)18)19-12(20)11(14)15/h2-5,10-11H,6-7H2,1H3,(H,19,20). The third-order valence-electron chi connectivity index (χ3n) is 2.92. The molecule has 0 aliphatic heterocycles. The van der Waals surface area contributed by atoms with Gasteiger partial charge in [-0.1, -0.05) is 75.7 Å². The van der Waals surface area contributed by atoms with Crippen molar-refractivity contribution < 1.29 is 13.2 Å². The van der Waals surface area contributed by atoms with Gasteiger partial charge < -0.3 is 5.32 Å². The van der Waals surface area contributed by atoms with Gasteiger partial charge in [0.2, 0.25) is 0 Å². The number of hydrogen-bond donors (Lipinski definition) is 1. The van der Waals surface area contributed by atoms with E-state index < -0.39 is 29.7 Å². The van der Waals surface area contributed by atoms with E-state index in [1.165, 1.54) is 12.1 Å². The highest BCUT2D eigenvalue weighted by atomic mass is 35.6. The Morgan fingerprint density at radius 1 is 1.17 bits per heavy atom. The number of carbonyl (C=O) groups is 1. The molecule has 130 valence electrons. The molecule has 0 saturated carbocycles. The molecule has 1 atom stereocenters. The average molecular weight is 442 g/mol. The fourth-order valence-corrected chi connectivity index (χ4v) is 3.71. The van der Waals surface area contributed by atoms with Crippen LogP contribution in [0.15, 0.2) is 29.2 Å². The van der Waals surface area contributed by atoms with Crippen molar-refractivity contribution in [3.05, 3.63) is 29.8 Å². The quantitative estimate of drug-likeness (QED) is 0.674. The highest BCUT2D eigenvalue weighted by molar-refractivity contribution is 7.92. The lowest BCUT2D eigenvalue weighted by Gasteiger charge is -2.21. The van der Waals surface area contributed by atoms with E-state index in [1.54, 1.807) is 12.1 Å². The molecule has 1 rings (SSSR count). The molecule has 1 amide bonds. The van der Waals surface area contributed by atoms with Crippen LogP contribution in [0.1, 0.15) is 18.4 Å². The van der Waals surface area contributed by atoms with E-state index in [1.807, 2.05) is 6.92 Å². The molecule has 0 aliphatic rings. The number of carbonyl (C=O) groups excluding carboxylic acids is 1. The highest BCUT2D eigenvalue weighted by Gasteiger charge is 2.33. The summed E-state index contributed by atoms with van der Waals surface area (Å²) in [4.78, 5) is 10.3. The lowest BCUT2D eigenvalue weighted by molar-refractivity contribution is -0.119. The number of benzene rings is 1. The van der Waals surface area contributed by atoms with E-state index in [0.29, 0.717) is 0 Å². The maximum atomic E-state index is 12.7. The van der Waals surface area contributed by atoms with Gasteiger partial charge in [-0.25, -0.2) is 8.42 Å². The Morgan fingerprint density at radius 2 is 1.70 bits per heavy atom. The molecule has 0 aromatic heterocycles. The second-order valence-electron chi connectivity index (χ2n) is 4.81. The Morgan fingerprint density at radius 3 is 2.13 bits per heavy atom. The first-order valence-electron chi connectivity index (χ1n) is 6.39. The fraction of sp³-hybridized carbons (Fsp3) is 0.462. The van der Waals surface area contributed by atoms with Crippen molar-refractivity contribution in [1.29, 1.82) is 0 Å². The van der Waals surface area contributed by atoms with Crippen molar-refractivity contribution in [2.45, 2.75) is 38.7 Å². The zero-order valence-corrected chi connectivity index (χ0v) is 16.5. The number of aryl methyl sites for hydroxylation is 1. The lowest BCUT2D eigenvalue weighted by atomic mass is 10.2. The summed E-state index contributed by atoms with van der Waals surface area (Å²) in [6.07, 6.45) is -0.193. The molecule has 1 unspecified atom stereocenters. The average Bonchev–Trinajstić information content (AvgIpc) is 2.42. The maximum Gasteiger partial charge on any atom is 0.254 e. The molecular weight excluding hydrogens is 427 g/mol. The molecule has 0 radical (unpaired) electrons. The van der Waals surface area contributed by atoms with Crippen molar-refractivity contribution >= 4 is 73.7 Å². The van der Waals surface area contributed by atoms with Crippen molar-refractivity contribution in [2.75, 3.05) is 0 Å². The predicted octanol–water partition coefficient (Wildman–Crippen LogP) is 4.17. The van der Waals surface area contributed by atoms with Crippen LogP contribution >= 0.6 is 58.0 Å². The van der Waals surface area contributed by atoms with Crippen LogP contribution in [0.3, 0.4) is 0 Å². The number of halogens is 5. The van der Waals surface area contributed by atoms with Crippen molar-refractivity contribution in [2.24, 2.45) is 0 Å². The van der Waals surface area contributed by atoms with Gasteiger partial charge in [0.05, 0.1) is 4.90 Å². The third-order valence-corrected chi connectivity index (χ3v) is 5.91. The Bertz CT molecular complexity index is 641. The molecular formula is C13H14Cl5NO3S. The number of sulfone groups is 1. The van der Waals surface area contributed by atoms with Gasteiger partial charge >= 0.3 is 0 Å². The number of amides is 1. The molecule has 1 aromatic rings. The Kier molecular flexibility index (Phi) is 7.77. The minimum absolute atomic E-state index is 0.0402. The van der Waals surface area contributed by atoms with Crippen LogP contribution in [-0.2, 0) is 14.6 Å². The maximum absolute atomic E-state index is 12.7. The molecule has 1 N–H and O–H groups in total. The molecule has 0 saturated heterocycles. The largest absolute Gasteiger partial charge is 0.337 e. The van der Waals surface area contributed by atoms with Crippen LogP contribution in [-0.4, -0.2) is 28.3 Å². The van der Waals surface area contributed by atoms with Gasteiger partial charge in [0.1, 0.15) is 5.37 Å². The summed E-state index contributed by atoms with van der Waals surface area (Å²) in [7, 11) is -3.89. The SMILES string of the molecule is Cc1ccc(S(=O)(=O)C(CCC(Cl)(Cl)Cl)NC(=O)C(Cl)Cl)cc1. The van der Waals surface area contributed by atoms with Crippen LogP contribution in [0.2, 0.25) is 0 Å². The van der Waals surface area contributed by atoms with Crippen LogP contribution in [0, 0.1) is 6.92 Å². The van der Waals surface area contributed by atoms with Crippen LogP contribution in [0.4, 0.5) is 0 Å². The van der Waals surface area contributed by atoms with Crippen molar-refractivity contribution in [3.63, 3.8) is 0 Å². The third kappa shape index (κ3) is 6.85. The van der Waals surface area contributed by atoms with Crippen molar-refractivity contribution in [3.8, 4) is 0 Å². The van der Waals surface area contributed by atoms with Crippen LogP contribution in [0.5, 0.6) is 0 Å². The summed E-state index contributed by atoms with van der Waals surface area (Å²) in [5.41, 5.74) is 0.896. The summed E-state index contributed by atoms with van der Waals surface area (Å²) in [5.74, 6) is -0.835. The van der Waals surface area contributed by atoms with E-state index in [2.05, 4.69) is 5.32 Å². The number of nitrogens with one attached hydrogen (secondary N) is 1. The van der Waals surface area contributed by atoms with Gasteiger partial charge in [-0.2, -0.15) is 0 Å². The minimum Gasteiger partial charge on any atom is -0.337 e. The van der Waals surface area contributed by atoms with Gasteiger partial charge in [-0.05, 0) is 31.9 Å². The van der Waals surface area contributed by atoms with Crippen LogP contribution in [0.25, 0.3) is 0 Å². The molecule has 1 aromatic carbocycles. The number of hydrogen-bond acceptors (Lipinski definition) is 3. The summed E-state index contributed by atoms with van der Waals surface area (Å²) in [6.45, 7) is 1.82. The first-order valence-corrected chi connectivity index (χ1v) is 9.94. The second-order valence-corrected chi connectivity index (χ2v) is 10.6. The zero-order valence-electron chi connectivity index (χ0n) is 11.9. The van der Waals surface area contributed by atoms with E-state index in [4.69, 9.17) is 58.0 Å². The fourth-order valence-electron chi connectivity index (χ4n) is 1.71. The van der Waals surface area contributed by atoms with Gasteiger partial charge in [0.25, 0.3) is 5.91 Å². The Hall–Kier alpha value is 0.0900. The smallest absolute Gasteiger partial charge is 0.254 e. The number of alkyl halides is 5. The first kappa shape index (κ1) is 21.1. The summed E-state index contributed by atoms with van der Waals surface area (Å²) >= 11 is 27.9. The van der Waals surface area contributed by atoms with Crippen molar-refractivity contribution in [1.82, 2.24) is 5.32 Å². The van der Waals surface area contributed by atoms with Gasteiger partial charge in [0.15, 0.2) is 18.5 Å². The van der Waals surface area contributed by atoms with Gasteiger partial charge in [-0.3, -0.25) is 4.79 Å². The molecule has 23 heavy (non-hydrogen) atoms. The normalized spacial score (nSPS) is 13.9. The number of rotatable bonds is 6. The molecule has 0 bridgehead atoms. The van der Waals surface area contributed by atoms with Crippen LogP contribution < -0.4 is 5.32 Å². The van der Waals surface area contributed by atoms with Gasteiger partial charge in [-0.15, -0.1) is 0 Å². The van der Waals surface area contributed by atoms with Gasteiger partial charge in [0, 0.05) is 0 Å². The second kappa shape index (κ2) is 8.45. The minimum atomic E-state index is -3.89. The molecule has 0 fully saturated rings. The molecule has 10 heteroatoms. The van der Waals surface area contributed by atoms with E-state index in [0.717, 1.165) is 5.56 Å². The topological polar surface area (TPSA) is 63.2 Å². The molecule has 0 heterocycles. The summed E-state index contributed by atoms with van der Waals surface area (Å²) in [5, 5.41) is 0.964.